The Hall–Kier alpha value is 0.0400. The summed E-state index contributed by atoms with van der Waals surface area (Å²) < 4.78 is -1.83. The van der Waals surface area contributed by atoms with E-state index in [0.717, 1.165) is 6.08 Å². The van der Waals surface area contributed by atoms with Crippen LogP contribution in [-0.4, -0.2) is 22.5 Å². The molecule has 0 radical (unpaired) electrons. The molecule has 0 rings (SSSR count). The first-order valence-corrected chi connectivity index (χ1v) is 4.96. The first-order valence-electron chi connectivity index (χ1n) is 3.45. The van der Waals surface area contributed by atoms with Crippen LogP contribution < -0.4 is 5.32 Å². The van der Waals surface area contributed by atoms with E-state index in [1.165, 1.54) is 7.05 Å². The molecule has 0 fully saturated rings. The molecular formula is C7H7Cl4NO2. The van der Waals surface area contributed by atoms with E-state index < -0.39 is 15.5 Å². The monoisotopic (exact) mass is 277 g/mol. The second-order valence-electron chi connectivity index (χ2n) is 2.31. The van der Waals surface area contributed by atoms with E-state index in [4.69, 9.17) is 46.4 Å². The van der Waals surface area contributed by atoms with Gasteiger partial charge in [0.1, 0.15) is 0 Å². The topological polar surface area (TPSA) is 46.2 Å². The fourth-order valence-corrected chi connectivity index (χ4v) is 0.806. The van der Waals surface area contributed by atoms with Crippen molar-refractivity contribution in [2.75, 3.05) is 7.05 Å². The summed E-state index contributed by atoms with van der Waals surface area (Å²) in [6.07, 6.45) is 0.595. The molecule has 0 aliphatic carbocycles. The number of amides is 1. The zero-order valence-electron chi connectivity index (χ0n) is 7.11. The number of carbonyl (C=O) groups excluding carboxylic acids is 2. The van der Waals surface area contributed by atoms with Crippen LogP contribution in [0.5, 0.6) is 0 Å². The third-order valence-electron chi connectivity index (χ3n) is 1.17. The predicted molar refractivity (Wildman–Crippen MR) is 57.9 cm³/mol. The highest BCUT2D eigenvalue weighted by atomic mass is 35.6. The molecule has 0 aromatic carbocycles. The van der Waals surface area contributed by atoms with Crippen molar-refractivity contribution in [1.29, 1.82) is 0 Å². The SMILES string of the molecule is CNC(=O)CC(=O)/C=C(\Cl)C(Cl)(Cl)Cl. The van der Waals surface area contributed by atoms with Crippen LogP contribution in [0.25, 0.3) is 0 Å². The van der Waals surface area contributed by atoms with Gasteiger partial charge in [0.25, 0.3) is 0 Å². The number of rotatable bonds is 3. The highest BCUT2D eigenvalue weighted by Gasteiger charge is 2.25. The van der Waals surface area contributed by atoms with Crippen molar-refractivity contribution in [3.8, 4) is 0 Å². The van der Waals surface area contributed by atoms with Crippen LogP contribution in [0.4, 0.5) is 0 Å². The lowest BCUT2D eigenvalue weighted by Gasteiger charge is -2.07. The van der Waals surface area contributed by atoms with E-state index in [1.54, 1.807) is 0 Å². The first kappa shape index (κ1) is 14.0. The summed E-state index contributed by atoms with van der Waals surface area (Å²) in [6, 6.07) is 0. The minimum atomic E-state index is -1.83. The molecule has 0 saturated heterocycles. The molecule has 1 N–H and O–H groups in total. The second kappa shape index (κ2) is 5.81. The maximum absolute atomic E-state index is 11.1. The van der Waals surface area contributed by atoms with Crippen LogP contribution in [0, 0.1) is 0 Å². The Kier molecular flexibility index (Phi) is 5.83. The number of hydrogen-bond acceptors (Lipinski definition) is 2. The summed E-state index contributed by atoms with van der Waals surface area (Å²) in [4.78, 5) is 21.8. The molecule has 14 heavy (non-hydrogen) atoms. The average molecular weight is 279 g/mol. The lowest BCUT2D eigenvalue weighted by Crippen LogP contribution is -2.20. The molecule has 0 aromatic heterocycles. The van der Waals surface area contributed by atoms with Crippen molar-refractivity contribution in [3.05, 3.63) is 11.1 Å². The minimum Gasteiger partial charge on any atom is -0.359 e. The number of allylic oxidation sites excluding steroid dienone is 2. The number of ketones is 1. The van der Waals surface area contributed by atoms with Gasteiger partial charge in [-0.3, -0.25) is 9.59 Å². The van der Waals surface area contributed by atoms with Gasteiger partial charge in [-0.25, -0.2) is 0 Å². The molecule has 0 aromatic rings. The Morgan fingerprint density at radius 3 is 2.21 bits per heavy atom. The highest BCUT2D eigenvalue weighted by Crippen LogP contribution is 2.36. The fourth-order valence-electron chi connectivity index (χ4n) is 0.521. The quantitative estimate of drug-likeness (QED) is 0.489. The number of nitrogens with one attached hydrogen (secondary N) is 1. The van der Waals surface area contributed by atoms with Crippen LogP contribution in [0.1, 0.15) is 6.42 Å². The third-order valence-corrected chi connectivity index (χ3v) is 2.47. The minimum absolute atomic E-state index is 0.239. The van der Waals surface area contributed by atoms with Gasteiger partial charge in [-0.2, -0.15) is 0 Å². The third kappa shape index (κ3) is 5.70. The fraction of sp³-hybridized carbons (Fsp3) is 0.429. The van der Waals surface area contributed by atoms with Crippen LogP contribution in [0.3, 0.4) is 0 Å². The van der Waals surface area contributed by atoms with Gasteiger partial charge in [-0.15, -0.1) is 0 Å². The van der Waals surface area contributed by atoms with Crippen molar-refractivity contribution in [1.82, 2.24) is 5.32 Å². The second-order valence-corrected chi connectivity index (χ2v) is 4.99. The van der Waals surface area contributed by atoms with Crippen LogP contribution >= 0.6 is 46.4 Å². The molecule has 0 aliphatic heterocycles. The Bertz CT molecular complexity index is 269. The van der Waals surface area contributed by atoms with Gasteiger partial charge in [0.2, 0.25) is 9.70 Å². The summed E-state index contributed by atoms with van der Waals surface area (Å²) in [5.74, 6) is -0.958. The van der Waals surface area contributed by atoms with Gasteiger partial charge >= 0.3 is 0 Å². The molecule has 0 aliphatic rings. The molecule has 80 valence electrons. The molecule has 0 spiro atoms. The van der Waals surface area contributed by atoms with E-state index in [-0.39, 0.29) is 11.5 Å². The molecule has 0 atom stereocenters. The molecule has 0 saturated carbocycles. The number of hydrogen-bond donors (Lipinski definition) is 1. The Morgan fingerprint density at radius 2 is 1.86 bits per heavy atom. The van der Waals surface area contributed by atoms with Gasteiger partial charge in [0.05, 0.1) is 11.5 Å². The van der Waals surface area contributed by atoms with Gasteiger partial charge in [-0.1, -0.05) is 46.4 Å². The standard InChI is InChI=1S/C7H7Cl4NO2/c1-12-6(14)3-4(13)2-5(8)7(9,10)11/h2H,3H2,1H3,(H,12,14)/b5-2-. The van der Waals surface area contributed by atoms with E-state index in [1.807, 2.05) is 0 Å². The Labute approximate surface area is 101 Å². The molecule has 7 heteroatoms. The zero-order chi connectivity index (χ0) is 11.4. The summed E-state index contributed by atoms with van der Waals surface area (Å²) in [7, 11) is 1.41. The molecule has 0 unspecified atom stereocenters. The smallest absolute Gasteiger partial charge is 0.227 e. The largest absolute Gasteiger partial charge is 0.359 e. The van der Waals surface area contributed by atoms with Crippen molar-refractivity contribution in [2.45, 2.75) is 10.2 Å². The lowest BCUT2D eigenvalue weighted by molar-refractivity contribution is -0.125. The maximum atomic E-state index is 11.1. The molecule has 3 nitrogen and oxygen atoms in total. The van der Waals surface area contributed by atoms with Crippen molar-refractivity contribution in [2.24, 2.45) is 0 Å². The van der Waals surface area contributed by atoms with Crippen LogP contribution in [0.15, 0.2) is 11.1 Å². The van der Waals surface area contributed by atoms with Gasteiger partial charge in [-0.05, 0) is 0 Å². The molecule has 1 amide bonds. The van der Waals surface area contributed by atoms with Crippen molar-refractivity contribution >= 4 is 58.1 Å². The lowest BCUT2D eigenvalue weighted by atomic mass is 10.2. The Morgan fingerprint density at radius 1 is 1.36 bits per heavy atom. The Balaban J connectivity index is 4.38. The van der Waals surface area contributed by atoms with Crippen molar-refractivity contribution in [3.63, 3.8) is 0 Å². The summed E-state index contributed by atoms with van der Waals surface area (Å²) in [5.41, 5.74) is 0. The maximum Gasteiger partial charge on any atom is 0.227 e. The zero-order valence-corrected chi connectivity index (χ0v) is 10.1. The van der Waals surface area contributed by atoms with E-state index >= 15 is 0 Å². The number of alkyl halides is 3. The average Bonchev–Trinajstić information content (AvgIpc) is 2.02. The highest BCUT2D eigenvalue weighted by molar-refractivity contribution is 6.73. The predicted octanol–water partition coefficient (Wildman–Crippen LogP) is 2.18. The van der Waals surface area contributed by atoms with Gasteiger partial charge in [0.15, 0.2) is 5.78 Å². The number of carbonyl (C=O) groups is 2. The van der Waals surface area contributed by atoms with E-state index in [9.17, 15) is 9.59 Å². The van der Waals surface area contributed by atoms with Gasteiger partial charge in [0, 0.05) is 13.1 Å². The van der Waals surface area contributed by atoms with Crippen molar-refractivity contribution < 1.29 is 9.59 Å². The van der Waals surface area contributed by atoms with Crippen LogP contribution in [0.2, 0.25) is 0 Å². The van der Waals surface area contributed by atoms with Gasteiger partial charge < -0.3 is 5.32 Å². The van der Waals surface area contributed by atoms with E-state index in [2.05, 4.69) is 5.32 Å². The molecule has 0 heterocycles. The van der Waals surface area contributed by atoms with E-state index in [0.29, 0.717) is 0 Å². The first-order chi connectivity index (χ1) is 6.27. The summed E-state index contributed by atoms with van der Waals surface area (Å²) >= 11 is 21.6. The molecule has 0 bridgehead atoms. The summed E-state index contributed by atoms with van der Waals surface area (Å²) in [6.45, 7) is 0. The normalized spacial score (nSPS) is 12.5. The van der Waals surface area contributed by atoms with Crippen LogP contribution in [-0.2, 0) is 9.59 Å². The summed E-state index contributed by atoms with van der Waals surface area (Å²) in [5, 5.41) is 2.04. The number of halogens is 4. The molecular weight excluding hydrogens is 272 g/mol.